The summed E-state index contributed by atoms with van der Waals surface area (Å²) in [6, 6.07) is 8.44. The second-order valence-electron chi connectivity index (χ2n) is 12.3. The van der Waals surface area contributed by atoms with Crippen molar-refractivity contribution in [2.24, 2.45) is 0 Å². The molecule has 37 heavy (non-hydrogen) atoms. The number of unbranched alkanes of at least 4 members (excludes halogenated alkanes) is 10. The predicted molar refractivity (Wildman–Crippen MR) is 160 cm³/mol. The van der Waals surface area contributed by atoms with Gasteiger partial charge in [0.15, 0.2) is 8.32 Å². The van der Waals surface area contributed by atoms with Gasteiger partial charge in [-0.2, -0.15) is 0 Å². The highest BCUT2D eigenvalue weighted by molar-refractivity contribution is 6.74. The zero-order valence-electron chi connectivity index (χ0n) is 24.9. The Morgan fingerprint density at radius 2 is 1.51 bits per heavy atom. The second kappa shape index (κ2) is 15.9. The van der Waals surface area contributed by atoms with E-state index in [4.69, 9.17) is 9.16 Å². The lowest BCUT2D eigenvalue weighted by Gasteiger charge is -2.36. The van der Waals surface area contributed by atoms with E-state index in [2.05, 4.69) is 69.7 Å². The minimum atomic E-state index is -1.85. The first kappa shape index (κ1) is 31.9. The number of ether oxygens (including phenoxy) is 1. The van der Waals surface area contributed by atoms with Gasteiger partial charge in [-0.1, -0.05) is 104 Å². The van der Waals surface area contributed by atoms with Gasteiger partial charge in [0.1, 0.15) is 11.9 Å². The van der Waals surface area contributed by atoms with E-state index in [1.807, 2.05) is 12.1 Å². The number of nitrogens with zero attached hydrogens (tertiary/aromatic N) is 1. The van der Waals surface area contributed by atoms with Gasteiger partial charge in [-0.25, -0.2) is 0 Å². The number of hydrogen-bond acceptors (Lipinski definition) is 4. The molecule has 1 aromatic rings. The van der Waals surface area contributed by atoms with Crippen LogP contribution in [-0.4, -0.2) is 50.2 Å². The van der Waals surface area contributed by atoms with Crippen LogP contribution in [-0.2, 0) is 11.0 Å². The summed E-state index contributed by atoms with van der Waals surface area (Å²) in [5, 5.41) is 11.1. The van der Waals surface area contributed by atoms with Crippen LogP contribution in [0.1, 0.15) is 104 Å². The van der Waals surface area contributed by atoms with Crippen LogP contribution in [0.4, 0.5) is 0 Å². The molecule has 4 nitrogen and oxygen atoms in total. The standard InChI is InChI=1S/C32H55NO3Si/c1-8-9-10-11-12-13-14-15-16-17-18-19-20-30(34)31-29(26-36-37(6,7)32(2,3)4)33(31)25-27-21-23-28(35-5)24-22-27/h21-24,29-31,34H,8-18,25-26H2,1-7H3/t29-,30+,31-,33?/m1/s1. The van der Waals surface area contributed by atoms with E-state index in [9.17, 15) is 5.11 Å². The van der Waals surface area contributed by atoms with Crippen molar-refractivity contribution >= 4 is 8.32 Å². The van der Waals surface area contributed by atoms with Crippen molar-refractivity contribution in [1.82, 2.24) is 4.90 Å². The quantitative estimate of drug-likeness (QED) is 0.0962. The Balaban J connectivity index is 1.81. The van der Waals surface area contributed by atoms with Crippen LogP contribution in [0.5, 0.6) is 5.75 Å². The molecule has 4 atom stereocenters. The molecule has 1 saturated heterocycles. The van der Waals surface area contributed by atoms with Crippen LogP contribution in [0.2, 0.25) is 18.1 Å². The number of benzene rings is 1. The molecule has 210 valence electrons. The zero-order valence-corrected chi connectivity index (χ0v) is 25.9. The average Bonchev–Trinajstić information content (AvgIpc) is 3.55. The van der Waals surface area contributed by atoms with Crippen molar-refractivity contribution in [1.29, 1.82) is 0 Å². The molecular formula is C32H55NO3Si. The van der Waals surface area contributed by atoms with Gasteiger partial charge < -0.3 is 14.3 Å². The highest BCUT2D eigenvalue weighted by atomic mass is 28.4. The van der Waals surface area contributed by atoms with Gasteiger partial charge in [0.2, 0.25) is 0 Å². The number of aliphatic hydroxyl groups is 1. The Labute approximate surface area is 229 Å². The molecule has 1 aliphatic rings. The molecule has 1 fully saturated rings. The summed E-state index contributed by atoms with van der Waals surface area (Å²) < 4.78 is 11.8. The molecule has 2 rings (SSSR count). The minimum absolute atomic E-state index is 0.0343. The first-order chi connectivity index (χ1) is 17.6. The summed E-state index contributed by atoms with van der Waals surface area (Å²) in [5.41, 5.74) is 1.21. The summed E-state index contributed by atoms with van der Waals surface area (Å²) in [6.07, 6.45) is 13.5. The van der Waals surface area contributed by atoms with E-state index in [-0.39, 0.29) is 17.1 Å². The molecule has 0 aliphatic carbocycles. The van der Waals surface area contributed by atoms with Crippen molar-refractivity contribution in [3.8, 4) is 17.6 Å². The van der Waals surface area contributed by atoms with Gasteiger partial charge in [-0.15, -0.1) is 5.92 Å². The van der Waals surface area contributed by atoms with E-state index < -0.39 is 14.4 Å². The molecular weight excluding hydrogens is 474 g/mol. The van der Waals surface area contributed by atoms with E-state index in [0.717, 1.165) is 25.1 Å². The lowest BCUT2D eigenvalue weighted by molar-refractivity contribution is 0.208. The fourth-order valence-corrected chi connectivity index (χ4v) is 5.60. The zero-order chi connectivity index (χ0) is 27.3. The summed E-state index contributed by atoms with van der Waals surface area (Å²) in [7, 11) is -0.157. The van der Waals surface area contributed by atoms with Gasteiger partial charge >= 0.3 is 0 Å². The predicted octanol–water partition coefficient (Wildman–Crippen LogP) is 7.95. The van der Waals surface area contributed by atoms with Gasteiger partial charge in [-0.3, -0.25) is 4.90 Å². The molecule has 0 aromatic heterocycles. The summed E-state index contributed by atoms with van der Waals surface area (Å²) in [5.74, 6) is 7.30. The van der Waals surface area contributed by atoms with Crippen molar-refractivity contribution in [2.75, 3.05) is 13.7 Å². The SMILES string of the molecule is CCCCCCCCCCCCC#C[C@H](O)[C@H]1[C@@H](CO[Si](C)(C)C(C)(C)C)N1Cc1ccc(OC)cc1. The molecule has 1 N–H and O–H groups in total. The Bertz CT molecular complexity index is 821. The summed E-state index contributed by atoms with van der Waals surface area (Å²) >= 11 is 0. The van der Waals surface area contributed by atoms with E-state index >= 15 is 0 Å². The number of aliphatic hydroxyl groups excluding tert-OH is 1. The normalized spacial score (nSPS) is 20.3. The van der Waals surface area contributed by atoms with Crippen LogP contribution in [0.25, 0.3) is 0 Å². The van der Waals surface area contributed by atoms with Gasteiger partial charge in [0.05, 0.1) is 25.8 Å². The van der Waals surface area contributed by atoms with Crippen molar-refractivity contribution in [2.45, 2.75) is 141 Å². The van der Waals surface area contributed by atoms with E-state index in [1.54, 1.807) is 7.11 Å². The summed E-state index contributed by atoms with van der Waals surface area (Å²) in [6.45, 7) is 15.1. The molecule has 0 radical (unpaired) electrons. The van der Waals surface area contributed by atoms with Crippen LogP contribution >= 0.6 is 0 Å². The topological polar surface area (TPSA) is 41.7 Å². The lowest BCUT2D eigenvalue weighted by atomic mass is 10.1. The molecule has 1 unspecified atom stereocenters. The molecule has 0 amide bonds. The second-order valence-corrected chi connectivity index (χ2v) is 17.2. The number of methoxy groups -OCH3 is 1. The van der Waals surface area contributed by atoms with Crippen molar-refractivity contribution < 1.29 is 14.3 Å². The van der Waals surface area contributed by atoms with Gasteiger partial charge in [0.25, 0.3) is 0 Å². The Morgan fingerprint density at radius 3 is 2.05 bits per heavy atom. The average molecular weight is 530 g/mol. The molecule has 0 spiro atoms. The highest BCUT2D eigenvalue weighted by Gasteiger charge is 2.52. The Morgan fingerprint density at radius 1 is 0.946 bits per heavy atom. The number of hydrogen-bond donors (Lipinski definition) is 1. The van der Waals surface area contributed by atoms with Crippen LogP contribution in [0.15, 0.2) is 24.3 Å². The van der Waals surface area contributed by atoms with Crippen molar-refractivity contribution in [3.63, 3.8) is 0 Å². The minimum Gasteiger partial charge on any atom is -0.497 e. The summed E-state index contributed by atoms with van der Waals surface area (Å²) in [4.78, 5) is 2.34. The van der Waals surface area contributed by atoms with Crippen LogP contribution in [0, 0.1) is 11.8 Å². The smallest absolute Gasteiger partial charge is 0.192 e. The van der Waals surface area contributed by atoms with Gasteiger partial charge in [0, 0.05) is 13.0 Å². The monoisotopic (exact) mass is 529 g/mol. The van der Waals surface area contributed by atoms with E-state index in [0.29, 0.717) is 6.61 Å². The third kappa shape index (κ3) is 11.1. The molecule has 1 aliphatic heterocycles. The van der Waals surface area contributed by atoms with Crippen LogP contribution in [0.3, 0.4) is 0 Å². The van der Waals surface area contributed by atoms with Crippen LogP contribution < -0.4 is 4.74 Å². The fourth-order valence-electron chi connectivity index (χ4n) is 4.58. The third-order valence-corrected chi connectivity index (χ3v) is 12.8. The maximum atomic E-state index is 11.0. The molecule has 0 bridgehead atoms. The maximum Gasteiger partial charge on any atom is 0.192 e. The molecule has 5 heteroatoms. The molecule has 1 aromatic carbocycles. The Hall–Kier alpha value is -1.32. The van der Waals surface area contributed by atoms with Gasteiger partial charge in [-0.05, 0) is 42.2 Å². The molecule has 1 heterocycles. The van der Waals surface area contributed by atoms with Crippen molar-refractivity contribution in [3.05, 3.63) is 29.8 Å². The lowest BCUT2D eigenvalue weighted by Crippen LogP contribution is -2.42. The maximum absolute atomic E-state index is 11.0. The first-order valence-corrected chi connectivity index (χ1v) is 17.7. The first-order valence-electron chi connectivity index (χ1n) is 14.8. The number of rotatable bonds is 17. The fraction of sp³-hybridized carbons (Fsp3) is 0.750. The Kier molecular flexibility index (Phi) is 13.7. The third-order valence-electron chi connectivity index (χ3n) is 8.29. The van der Waals surface area contributed by atoms with E-state index in [1.165, 1.54) is 63.4 Å². The molecule has 0 saturated carbocycles. The highest BCUT2D eigenvalue weighted by Crippen LogP contribution is 2.39. The largest absolute Gasteiger partial charge is 0.497 e.